The van der Waals surface area contributed by atoms with Crippen molar-refractivity contribution in [3.63, 3.8) is 0 Å². The first-order valence-corrected chi connectivity index (χ1v) is 6.62. The molecule has 0 aromatic carbocycles. The molecule has 1 amide bonds. The van der Waals surface area contributed by atoms with E-state index in [2.05, 4.69) is 25.8 Å². The van der Waals surface area contributed by atoms with Crippen molar-refractivity contribution < 1.29 is 14.3 Å². The molecule has 1 aromatic rings. The number of carbonyl (C=O) groups is 2. The highest BCUT2D eigenvalue weighted by atomic mass is 16.5. The average Bonchev–Trinajstić information content (AvgIpc) is 3.01. The van der Waals surface area contributed by atoms with Crippen LogP contribution in [0.15, 0.2) is 23.7 Å². The van der Waals surface area contributed by atoms with Crippen molar-refractivity contribution in [1.82, 2.24) is 20.7 Å². The topological polar surface area (TPSA) is 106 Å². The summed E-state index contributed by atoms with van der Waals surface area (Å²) < 4.78 is 4.90. The Bertz CT molecular complexity index is 532. The molecule has 0 saturated heterocycles. The van der Waals surface area contributed by atoms with Crippen LogP contribution in [-0.4, -0.2) is 53.7 Å². The van der Waals surface area contributed by atoms with Crippen LogP contribution in [-0.2, 0) is 9.53 Å². The molecule has 2 rings (SSSR count). The first-order chi connectivity index (χ1) is 10.2. The Morgan fingerprint density at radius 3 is 3.05 bits per heavy atom. The van der Waals surface area contributed by atoms with Gasteiger partial charge in [0.2, 0.25) is 11.7 Å². The molecule has 2 N–H and O–H groups in total. The van der Waals surface area contributed by atoms with Gasteiger partial charge in [-0.05, 0) is 6.42 Å². The molecule has 0 bridgehead atoms. The molecule has 1 aliphatic heterocycles. The van der Waals surface area contributed by atoms with E-state index in [1.807, 2.05) is 0 Å². The summed E-state index contributed by atoms with van der Waals surface area (Å²) in [6.07, 6.45) is 5.29. The maximum atomic E-state index is 12.1. The Morgan fingerprint density at radius 2 is 2.33 bits per heavy atom. The minimum absolute atomic E-state index is 0.184. The van der Waals surface area contributed by atoms with E-state index in [-0.39, 0.29) is 29.5 Å². The minimum Gasteiger partial charge on any atom is -0.385 e. The van der Waals surface area contributed by atoms with Crippen LogP contribution in [0.25, 0.3) is 0 Å². The number of hydrogen-bond donors (Lipinski definition) is 2. The number of carbonyl (C=O) groups excluding carboxylic acids is 2. The van der Waals surface area contributed by atoms with Gasteiger partial charge < -0.3 is 10.1 Å². The van der Waals surface area contributed by atoms with Crippen LogP contribution in [0, 0.1) is 0 Å². The molecule has 0 radical (unpaired) electrons. The van der Waals surface area contributed by atoms with Crippen LogP contribution < -0.4 is 10.7 Å². The largest absolute Gasteiger partial charge is 0.385 e. The smallest absolute Gasteiger partial charge is 0.244 e. The predicted octanol–water partition coefficient (Wildman–Crippen LogP) is -0.470. The summed E-state index contributed by atoms with van der Waals surface area (Å²) in [4.78, 5) is 31.7. The average molecular weight is 291 g/mol. The molecule has 1 atom stereocenters. The Kier molecular flexibility index (Phi) is 5.33. The van der Waals surface area contributed by atoms with Crippen molar-refractivity contribution in [2.45, 2.75) is 18.9 Å². The Labute approximate surface area is 122 Å². The maximum absolute atomic E-state index is 12.1. The molecule has 8 heteroatoms. The molecule has 1 aromatic heterocycles. The van der Waals surface area contributed by atoms with Crippen molar-refractivity contribution in [2.75, 3.05) is 20.3 Å². The minimum atomic E-state index is -0.525. The van der Waals surface area contributed by atoms with Crippen LogP contribution in [0.2, 0.25) is 0 Å². The number of nitrogens with one attached hydrogen (secondary N) is 2. The number of aromatic nitrogens is 2. The second-order valence-corrected chi connectivity index (χ2v) is 4.50. The fraction of sp³-hybridized carbons (Fsp3) is 0.462. The third-order valence-electron chi connectivity index (χ3n) is 2.95. The summed E-state index contributed by atoms with van der Waals surface area (Å²) in [5.41, 5.74) is 3.18. The van der Waals surface area contributed by atoms with Crippen LogP contribution in [0.4, 0.5) is 0 Å². The number of methoxy groups -OCH3 is 1. The fourth-order valence-electron chi connectivity index (χ4n) is 1.85. The number of ether oxygens (including phenoxy) is 1. The molecular formula is C13H17N5O3. The third kappa shape index (κ3) is 4.06. The summed E-state index contributed by atoms with van der Waals surface area (Å²) in [6, 6.07) is -0.525. The van der Waals surface area contributed by atoms with E-state index in [9.17, 15) is 9.59 Å². The standard InChI is InChI=1S/C13H17N5O3/c1-21-6-2-3-16-13(20)10-7-9(17-18-10)12(19)11-8-14-4-5-15-11/h4-5,8,10,18H,2-3,6-7H2,1H3,(H,16,20). The summed E-state index contributed by atoms with van der Waals surface area (Å²) in [6.45, 7) is 1.11. The van der Waals surface area contributed by atoms with Crippen LogP contribution in [0.5, 0.6) is 0 Å². The van der Waals surface area contributed by atoms with Gasteiger partial charge in [0.1, 0.15) is 17.4 Å². The second kappa shape index (κ2) is 7.44. The third-order valence-corrected chi connectivity index (χ3v) is 2.95. The Hall–Kier alpha value is -2.35. The number of amides is 1. The second-order valence-electron chi connectivity index (χ2n) is 4.50. The Balaban J connectivity index is 1.82. The number of hydrazone groups is 1. The van der Waals surface area contributed by atoms with Crippen molar-refractivity contribution in [1.29, 1.82) is 0 Å². The molecular weight excluding hydrogens is 274 g/mol. The highest BCUT2D eigenvalue weighted by Crippen LogP contribution is 2.08. The van der Waals surface area contributed by atoms with Crippen LogP contribution in [0.3, 0.4) is 0 Å². The fourth-order valence-corrected chi connectivity index (χ4v) is 1.85. The van der Waals surface area contributed by atoms with E-state index >= 15 is 0 Å². The molecule has 1 unspecified atom stereocenters. The lowest BCUT2D eigenvalue weighted by Crippen LogP contribution is -2.40. The summed E-state index contributed by atoms with van der Waals surface area (Å²) in [5, 5.41) is 6.69. The van der Waals surface area contributed by atoms with E-state index in [1.54, 1.807) is 7.11 Å². The lowest BCUT2D eigenvalue weighted by atomic mass is 10.1. The van der Waals surface area contributed by atoms with E-state index < -0.39 is 6.04 Å². The molecule has 0 fully saturated rings. The Morgan fingerprint density at radius 1 is 1.48 bits per heavy atom. The highest BCUT2D eigenvalue weighted by Gasteiger charge is 2.29. The maximum Gasteiger partial charge on any atom is 0.244 e. The first kappa shape index (κ1) is 15.0. The summed E-state index contributed by atoms with van der Waals surface area (Å²) >= 11 is 0. The van der Waals surface area contributed by atoms with Gasteiger partial charge in [0.25, 0.3) is 0 Å². The van der Waals surface area contributed by atoms with Gasteiger partial charge in [-0.1, -0.05) is 0 Å². The monoisotopic (exact) mass is 291 g/mol. The quantitative estimate of drug-likeness (QED) is 0.520. The van der Waals surface area contributed by atoms with Crippen molar-refractivity contribution in [3.05, 3.63) is 24.3 Å². The van der Waals surface area contributed by atoms with Crippen LogP contribution >= 0.6 is 0 Å². The van der Waals surface area contributed by atoms with E-state index in [0.29, 0.717) is 13.2 Å². The number of ketones is 1. The van der Waals surface area contributed by atoms with Crippen LogP contribution in [0.1, 0.15) is 23.3 Å². The molecule has 0 aliphatic carbocycles. The number of hydrogen-bond acceptors (Lipinski definition) is 7. The summed E-state index contributed by atoms with van der Waals surface area (Å²) in [7, 11) is 1.61. The van der Waals surface area contributed by atoms with Crippen molar-refractivity contribution >= 4 is 17.4 Å². The zero-order valence-corrected chi connectivity index (χ0v) is 11.7. The van der Waals surface area contributed by atoms with Gasteiger partial charge in [0.05, 0.1) is 6.20 Å². The predicted molar refractivity (Wildman–Crippen MR) is 74.8 cm³/mol. The van der Waals surface area contributed by atoms with Gasteiger partial charge in [-0.15, -0.1) is 0 Å². The van der Waals surface area contributed by atoms with Gasteiger partial charge in [0, 0.05) is 39.1 Å². The normalized spacial score (nSPS) is 17.0. The number of rotatable bonds is 7. The zero-order chi connectivity index (χ0) is 15.1. The molecule has 0 spiro atoms. The van der Waals surface area contributed by atoms with Gasteiger partial charge in [0.15, 0.2) is 0 Å². The van der Waals surface area contributed by atoms with Gasteiger partial charge in [-0.25, -0.2) is 4.98 Å². The zero-order valence-electron chi connectivity index (χ0n) is 11.7. The first-order valence-electron chi connectivity index (χ1n) is 6.62. The molecule has 8 nitrogen and oxygen atoms in total. The van der Waals surface area contributed by atoms with Crippen molar-refractivity contribution in [3.8, 4) is 0 Å². The number of nitrogens with zero attached hydrogens (tertiary/aromatic N) is 3. The lowest BCUT2D eigenvalue weighted by Gasteiger charge is -2.10. The molecule has 0 saturated carbocycles. The molecule has 112 valence electrons. The van der Waals surface area contributed by atoms with E-state index in [1.165, 1.54) is 18.6 Å². The summed E-state index contributed by atoms with van der Waals surface area (Å²) in [5.74, 6) is -0.498. The van der Waals surface area contributed by atoms with Gasteiger partial charge in [-0.3, -0.25) is 20.0 Å². The number of Topliss-reactive ketones (excluding diaryl/α,β-unsaturated/α-hetero) is 1. The lowest BCUT2D eigenvalue weighted by molar-refractivity contribution is -0.122. The molecule has 21 heavy (non-hydrogen) atoms. The molecule has 2 heterocycles. The van der Waals surface area contributed by atoms with Gasteiger partial charge >= 0.3 is 0 Å². The van der Waals surface area contributed by atoms with Gasteiger partial charge in [-0.2, -0.15) is 5.10 Å². The van der Waals surface area contributed by atoms with E-state index in [4.69, 9.17) is 4.74 Å². The van der Waals surface area contributed by atoms with E-state index in [0.717, 1.165) is 6.42 Å². The SMILES string of the molecule is COCCCNC(=O)C1CC(C(=O)c2cnccn2)=NN1. The van der Waals surface area contributed by atoms with Crippen molar-refractivity contribution in [2.24, 2.45) is 5.10 Å². The molecule has 1 aliphatic rings. The highest BCUT2D eigenvalue weighted by molar-refractivity contribution is 6.46.